The van der Waals surface area contributed by atoms with Crippen LogP contribution in [0, 0.1) is 0 Å². The van der Waals surface area contributed by atoms with Gasteiger partial charge >= 0.3 is 5.97 Å². The van der Waals surface area contributed by atoms with Crippen LogP contribution in [0.2, 0.25) is 0 Å². The molecule has 0 fully saturated rings. The highest BCUT2D eigenvalue weighted by atomic mass is 16.7. The lowest BCUT2D eigenvalue weighted by Gasteiger charge is -2.16. The number of hydrogen-bond acceptors (Lipinski definition) is 3. The van der Waals surface area contributed by atoms with Crippen LogP contribution in [0.15, 0.2) is 24.3 Å². The number of rotatable bonds is 7. The van der Waals surface area contributed by atoms with Gasteiger partial charge in [0.05, 0.1) is 5.56 Å². The lowest BCUT2D eigenvalue weighted by Crippen LogP contribution is -2.20. The SMILES string of the molecule is CCOC(Cc1cccc(C(=O)O)c1)OCC. The Balaban J connectivity index is 2.71. The van der Waals surface area contributed by atoms with Crippen molar-refractivity contribution in [2.75, 3.05) is 13.2 Å². The first kappa shape index (κ1) is 13.7. The van der Waals surface area contributed by atoms with Gasteiger partial charge in [-0.1, -0.05) is 12.1 Å². The van der Waals surface area contributed by atoms with E-state index in [1.807, 2.05) is 19.9 Å². The third-order valence-electron chi connectivity index (χ3n) is 2.28. The number of carbonyl (C=O) groups is 1. The molecule has 4 nitrogen and oxygen atoms in total. The van der Waals surface area contributed by atoms with Crippen LogP contribution in [-0.4, -0.2) is 30.6 Å². The van der Waals surface area contributed by atoms with Gasteiger partial charge in [-0.3, -0.25) is 0 Å². The highest BCUT2D eigenvalue weighted by Crippen LogP contribution is 2.10. The van der Waals surface area contributed by atoms with Crippen LogP contribution < -0.4 is 0 Å². The average molecular weight is 238 g/mol. The van der Waals surface area contributed by atoms with Crippen LogP contribution >= 0.6 is 0 Å². The molecule has 94 valence electrons. The molecule has 17 heavy (non-hydrogen) atoms. The van der Waals surface area contributed by atoms with Gasteiger partial charge in [0, 0.05) is 19.6 Å². The molecule has 0 aliphatic carbocycles. The summed E-state index contributed by atoms with van der Waals surface area (Å²) in [6, 6.07) is 6.82. The molecular formula is C13H18O4. The fourth-order valence-electron chi connectivity index (χ4n) is 1.56. The minimum absolute atomic E-state index is 0.286. The second-order valence-corrected chi connectivity index (χ2v) is 3.55. The Morgan fingerprint density at radius 3 is 2.47 bits per heavy atom. The molecule has 1 aromatic carbocycles. The number of hydrogen-bond donors (Lipinski definition) is 1. The fourth-order valence-corrected chi connectivity index (χ4v) is 1.56. The van der Waals surface area contributed by atoms with Gasteiger partial charge in [-0.05, 0) is 31.5 Å². The normalized spacial score (nSPS) is 10.8. The Kier molecular flexibility index (Phi) is 5.66. The number of ether oxygens (including phenoxy) is 2. The van der Waals surface area contributed by atoms with E-state index >= 15 is 0 Å². The first-order chi connectivity index (χ1) is 8.17. The van der Waals surface area contributed by atoms with E-state index in [0.29, 0.717) is 19.6 Å². The molecule has 0 spiro atoms. The van der Waals surface area contributed by atoms with E-state index in [1.165, 1.54) is 0 Å². The predicted molar refractivity (Wildman–Crippen MR) is 64.1 cm³/mol. The molecule has 0 radical (unpaired) electrons. The maximum Gasteiger partial charge on any atom is 0.335 e. The molecule has 1 N–H and O–H groups in total. The molecule has 0 atom stereocenters. The Labute approximate surface area is 101 Å². The fraction of sp³-hybridized carbons (Fsp3) is 0.462. The monoisotopic (exact) mass is 238 g/mol. The molecule has 0 saturated carbocycles. The molecular weight excluding hydrogens is 220 g/mol. The van der Waals surface area contributed by atoms with Crippen LogP contribution in [0.1, 0.15) is 29.8 Å². The molecule has 0 heterocycles. The maximum atomic E-state index is 10.8. The van der Waals surface area contributed by atoms with Crippen molar-refractivity contribution in [1.29, 1.82) is 0 Å². The quantitative estimate of drug-likeness (QED) is 0.741. The Bertz CT molecular complexity index is 356. The second-order valence-electron chi connectivity index (χ2n) is 3.55. The summed E-state index contributed by atoms with van der Waals surface area (Å²) < 4.78 is 10.8. The molecule has 0 aliphatic rings. The van der Waals surface area contributed by atoms with Gasteiger partial charge < -0.3 is 14.6 Å². The zero-order valence-corrected chi connectivity index (χ0v) is 10.2. The molecule has 0 bridgehead atoms. The summed E-state index contributed by atoms with van der Waals surface area (Å²) in [7, 11) is 0. The van der Waals surface area contributed by atoms with Crippen molar-refractivity contribution in [2.24, 2.45) is 0 Å². The smallest absolute Gasteiger partial charge is 0.335 e. The van der Waals surface area contributed by atoms with Gasteiger partial charge in [0.15, 0.2) is 6.29 Å². The van der Waals surface area contributed by atoms with Crippen molar-refractivity contribution < 1.29 is 19.4 Å². The molecule has 0 aromatic heterocycles. The van der Waals surface area contributed by atoms with E-state index in [1.54, 1.807) is 18.2 Å². The minimum atomic E-state index is -0.920. The van der Waals surface area contributed by atoms with Crippen LogP contribution in [-0.2, 0) is 15.9 Å². The molecule has 1 aromatic rings. The highest BCUT2D eigenvalue weighted by molar-refractivity contribution is 5.87. The largest absolute Gasteiger partial charge is 0.478 e. The van der Waals surface area contributed by atoms with E-state index in [4.69, 9.17) is 14.6 Å². The van der Waals surface area contributed by atoms with E-state index in [9.17, 15) is 4.79 Å². The van der Waals surface area contributed by atoms with Crippen molar-refractivity contribution in [3.63, 3.8) is 0 Å². The lowest BCUT2D eigenvalue weighted by atomic mass is 10.1. The summed E-state index contributed by atoms with van der Waals surface area (Å²) >= 11 is 0. The van der Waals surface area contributed by atoms with E-state index in [-0.39, 0.29) is 11.9 Å². The predicted octanol–water partition coefficient (Wildman–Crippen LogP) is 2.33. The van der Waals surface area contributed by atoms with E-state index < -0.39 is 5.97 Å². The topological polar surface area (TPSA) is 55.8 Å². The van der Waals surface area contributed by atoms with E-state index in [2.05, 4.69) is 0 Å². The standard InChI is InChI=1S/C13H18O4/c1-3-16-12(17-4-2)9-10-6-5-7-11(8-10)13(14)15/h5-8,12H,3-4,9H2,1-2H3,(H,14,15). The van der Waals surface area contributed by atoms with E-state index in [0.717, 1.165) is 5.56 Å². The average Bonchev–Trinajstić information content (AvgIpc) is 2.30. The van der Waals surface area contributed by atoms with Crippen LogP contribution in [0.4, 0.5) is 0 Å². The Morgan fingerprint density at radius 2 is 1.94 bits per heavy atom. The Morgan fingerprint density at radius 1 is 1.29 bits per heavy atom. The van der Waals surface area contributed by atoms with Gasteiger partial charge in [-0.15, -0.1) is 0 Å². The summed E-state index contributed by atoms with van der Waals surface area (Å²) in [6.07, 6.45) is 0.247. The summed E-state index contributed by atoms with van der Waals surface area (Å²) in [5, 5.41) is 8.89. The van der Waals surface area contributed by atoms with Gasteiger partial charge in [0.2, 0.25) is 0 Å². The third kappa shape index (κ3) is 4.54. The minimum Gasteiger partial charge on any atom is -0.478 e. The van der Waals surface area contributed by atoms with Crippen LogP contribution in [0.5, 0.6) is 0 Å². The highest BCUT2D eigenvalue weighted by Gasteiger charge is 2.10. The number of carboxylic acid groups (broad SMARTS) is 1. The molecule has 0 saturated heterocycles. The van der Waals surface area contributed by atoms with Crippen molar-refractivity contribution in [3.8, 4) is 0 Å². The van der Waals surface area contributed by atoms with Crippen LogP contribution in [0.25, 0.3) is 0 Å². The molecule has 0 aliphatic heterocycles. The van der Waals surface area contributed by atoms with Crippen molar-refractivity contribution in [3.05, 3.63) is 35.4 Å². The van der Waals surface area contributed by atoms with Crippen molar-refractivity contribution in [1.82, 2.24) is 0 Å². The lowest BCUT2D eigenvalue weighted by molar-refractivity contribution is -0.134. The number of aromatic carboxylic acids is 1. The molecule has 0 amide bonds. The summed E-state index contributed by atoms with van der Waals surface area (Å²) in [6.45, 7) is 4.95. The number of carboxylic acids is 1. The molecule has 4 heteroatoms. The second kappa shape index (κ2) is 7.04. The maximum absolute atomic E-state index is 10.8. The molecule has 1 rings (SSSR count). The first-order valence-corrected chi connectivity index (χ1v) is 5.72. The summed E-state index contributed by atoms with van der Waals surface area (Å²) in [5.74, 6) is -0.920. The zero-order valence-electron chi connectivity index (χ0n) is 10.2. The van der Waals surface area contributed by atoms with Gasteiger partial charge in [0.25, 0.3) is 0 Å². The van der Waals surface area contributed by atoms with Crippen LogP contribution in [0.3, 0.4) is 0 Å². The first-order valence-electron chi connectivity index (χ1n) is 5.72. The van der Waals surface area contributed by atoms with Crippen molar-refractivity contribution in [2.45, 2.75) is 26.6 Å². The zero-order chi connectivity index (χ0) is 12.7. The molecule has 0 unspecified atom stereocenters. The van der Waals surface area contributed by atoms with Gasteiger partial charge in [-0.2, -0.15) is 0 Å². The summed E-state index contributed by atoms with van der Waals surface area (Å²) in [4.78, 5) is 10.8. The Hall–Kier alpha value is -1.39. The summed E-state index contributed by atoms with van der Waals surface area (Å²) in [5.41, 5.74) is 1.19. The third-order valence-corrected chi connectivity index (χ3v) is 2.28. The van der Waals surface area contributed by atoms with Gasteiger partial charge in [0.1, 0.15) is 0 Å². The van der Waals surface area contributed by atoms with Crippen molar-refractivity contribution >= 4 is 5.97 Å². The number of benzene rings is 1. The van der Waals surface area contributed by atoms with Gasteiger partial charge in [-0.25, -0.2) is 4.79 Å².